The third kappa shape index (κ3) is 3.92. The van der Waals surface area contributed by atoms with Gasteiger partial charge in [0.05, 0.1) is 5.69 Å². The van der Waals surface area contributed by atoms with Crippen molar-refractivity contribution >= 4 is 22.6 Å². The molecule has 90 valence electrons. The van der Waals surface area contributed by atoms with Crippen LogP contribution in [0, 0.1) is 6.92 Å². The molecule has 0 saturated heterocycles. The predicted molar refractivity (Wildman–Crippen MR) is 76.4 cm³/mol. The van der Waals surface area contributed by atoms with Crippen LogP contribution < -0.4 is 4.74 Å². The van der Waals surface area contributed by atoms with Crippen LogP contribution in [0.4, 0.5) is 0 Å². The summed E-state index contributed by atoms with van der Waals surface area (Å²) in [7, 11) is 0. The molecule has 1 rings (SSSR count). The Morgan fingerprint density at radius 2 is 1.69 bits per heavy atom. The van der Waals surface area contributed by atoms with E-state index in [0.29, 0.717) is 0 Å². The zero-order valence-corrected chi connectivity index (χ0v) is 13.0. The summed E-state index contributed by atoms with van der Waals surface area (Å²) < 4.78 is 5.72. The summed E-state index contributed by atoms with van der Waals surface area (Å²) in [6.07, 6.45) is 0. The number of aryl methyl sites for hydroxylation is 1. The van der Waals surface area contributed by atoms with Crippen LogP contribution in [0.2, 0.25) is 0 Å². The highest BCUT2D eigenvalue weighted by Crippen LogP contribution is 2.33. The third-order valence-electron chi connectivity index (χ3n) is 2.06. The lowest BCUT2D eigenvalue weighted by atomic mass is 9.90. The van der Waals surface area contributed by atoms with E-state index in [1.807, 2.05) is 32.9 Å². The normalized spacial score (nSPS) is 12.7. The first-order valence-electron chi connectivity index (χ1n) is 5.46. The monoisotopic (exact) mass is 333 g/mol. The average Bonchev–Trinajstić information content (AvgIpc) is 2.04. The molecule has 0 unspecified atom stereocenters. The van der Waals surface area contributed by atoms with Crippen molar-refractivity contribution < 1.29 is 4.74 Å². The Kier molecular flexibility index (Phi) is 3.87. The fraction of sp³-hybridized carbons (Fsp3) is 0.615. The highest BCUT2D eigenvalue weighted by atomic mass is 127. The summed E-state index contributed by atoms with van der Waals surface area (Å²) in [5.41, 5.74) is 2.06. The van der Waals surface area contributed by atoms with Crippen LogP contribution in [-0.2, 0) is 5.41 Å². The van der Waals surface area contributed by atoms with Gasteiger partial charge in [0.2, 0.25) is 0 Å². The van der Waals surface area contributed by atoms with Crippen molar-refractivity contribution in [2.75, 3.05) is 0 Å². The molecule has 0 amide bonds. The van der Waals surface area contributed by atoms with Gasteiger partial charge < -0.3 is 4.74 Å². The van der Waals surface area contributed by atoms with Crippen LogP contribution in [0.15, 0.2) is 12.1 Å². The molecule has 0 aliphatic carbocycles. The quantitative estimate of drug-likeness (QED) is 0.597. The van der Waals surface area contributed by atoms with Gasteiger partial charge >= 0.3 is 0 Å². The summed E-state index contributed by atoms with van der Waals surface area (Å²) in [6.45, 7) is 12.6. The minimum Gasteiger partial charge on any atom is -0.476 e. The first-order chi connectivity index (χ1) is 7.09. The van der Waals surface area contributed by atoms with E-state index in [1.54, 1.807) is 0 Å². The number of aromatic nitrogens is 1. The van der Waals surface area contributed by atoms with Crippen LogP contribution in [0.1, 0.15) is 46.0 Å². The molecular formula is C13H20INO. The van der Waals surface area contributed by atoms with E-state index < -0.39 is 0 Å². The Hall–Kier alpha value is -0.320. The maximum absolute atomic E-state index is 5.94. The molecule has 0 saturated carbocycles. The molecule has 1 heterocycles. The number of pyridine rings is 1. The summed E-state index contributed by atoms with van der Waals surface area (Å²) >= 11 is 2.28. The fourth-order valence-corrected chi connectivity index (χ4v) is 1.66. The maximum Gasteiger partial charge on any atom is 0.153 e. The van der Waals surface area contributed by atoms with Gasteiger partial charge in [0.25, 0.3) is 0 Å². The molecule has 0 spiro atoms. The third-order valence-corrected chi connectivity index (χ3v) is 2.28. The standard InChI is InChI=1S/C13H20INO/c1-9-7-8-10(16-13(5,6)14)11(15-9)12(2,3)4/h7-8H,1-6H3. The van der Waals surface area contributed by atoms with Crippen molar-refractivity contribution in [1.82, 2.24) is 4.98 Å². The van der Waals surface area contributed by atoms with E-state index in [9.17, 15) is 0 Å². The van der Waals surface area contributed by atoms with Gasteiger partial charge in [0, 0.05) is 11.1 Å². The molecule has 0 radical (unpaired) electrons. The van der Waals surface area contributed by atoms with Crippen molar-refractivity contribution in [3.05, 3.63) is 23.5 Å². The van der Waals surface area contributed by atoms with E-state index in [2.05, 4.69) is 48.3 Å². The van der Waals surface area contributed by atoms with Gasteiger partial charge in [-0.3, -0.25) is 4.98 Å². The van der Waals surface area contributed by atoms with Gasteiger partial charge in [0.15, 0.2) is 3.61 Å². The molecule has 2 nitrogen and oxygen atoms in total. The molecule has 0 aliphatic rings. The Morgan fingerprint density at radius 1 is 1.12 bits per heavy atom. The summed E-state index contributed by atoms with van der Waals surface area (Å²) in [6, 6.07) is 4.01. The second kappa shape index (κ2) is 4.51. The van der Waals surface area contributed by atoms with Crippen molar-refractivity contribution in [2.45, 2.75) is 50.6 Å². The van der Waals surface area contributed by atoms with Crippen LogP contribution in [-0.4, -0.2) is 8.59 Å². The summed E-state index contributed by atoms with van der Waals surface area (Å²) in [4.78, 5) is 4.60. The van der Waals surface area contributed by atoms with Gasteiger partial charge in [-0.25, -0.2) is 0 Å². The number of nitrogens with zero attached hydrogens (tertiary/aromatic N) is 1. The SMILES string of the molecule is Cc1ccc(OC(C)(C)I)c(C(C)(C)C)n1. The summed E-state index contributed by atoms with van der Waals surface area (Å²) in [5, 5.41) is 0. The van der Waals surface area contributed by atoms with Crippen LogP contribution in [0.25, 0.3) is 0 Å². The zero-order valence-electron chi connectivity index (χ0n) is 10.9. The minimum absolute atomic E-state index is 0.00322. The molecular weight excluding hydrogens is 313 g/mol. The van der Waals surface area contributed by atoms with Gasteiger partial charge in [-0.2, -0.15) is 0 Å². The lowest BCUT2D eigenvalue weighted by molar-refractivity contribution is 0.218. The second-order valence-corrected chi connectivity index (χ2v) is 8.11. The first kappa shape index (κ1) is 13.7. The van der Waals surface area contributed by atoms with E-state index in [0.717, 1.165) is 17.1 Å². The fourth-order valence-electron chi connectivity index (χ4n) is 1.43. The maximum atomic E-state index is 5.94. The smallest absolute Gasteiger partial charge is 0.153 e. The molecule has 16 heavy (non-hydrogen) atoms. The Bertz CT molecular complexity index is 374. The summed E-state index contributed by atoms with van der Waals surface area (Å²) in [5.74, 6) is 0.887. The van der Waals surface area contributed by atoms with Crippen LogP contribution in [0.3, 0.4) is 0 Å². The number of hydrogen-bond donors (Lipinski definition) is 0. The Balaban J connectivity index is 3.19. The highest BCUT2D eigenvalue weighted by Gasteiger charge is 2.24. The van der Waals surface area contributed by atoms with Crippen molar-refractivity contribution in [3.8, 4) is 5.75 Å². The highest BCUT2D eigenvalue weighted by molar-refractivity contribution is 14.1. The molecule has 0 bridgehead atoms. The van der Waals surface area contributed by atoms with Crippen molar-refractivity contribution in [1.29, 1.82) is 0 Å². The van der Waals surface area contributed by atoms with E-state index in [4.69, 9.17) is 4.74 Å². The number of halogens is 1. The number of rotatable bonds is 2. The van der Waals surface area contributed by atoms with Gasteiger partial charge in [-0.15, -0.1) is 0 Å². The van der Waals surface area contributed by atoms with E-state index >= 15 is 0 Å². The average molecular weight is 333 g/mol. The molecule has 0 atom stereocenters. The topological polar surface area (TPSA) is 22.1 Å². The largest absolute Gasteiger partial charge is 0.476 e. The van der Waals surface area contributed by atoms with Crippen molar-refractivity contribution in [3.63, 3.8) is 0 Å². The van der Waals surface area contributed by atoms with Gasteiger partial charge in [-0.1, -0.05) is 20.8 Å². The number of ether oxygens (including phenoxy) is 1. The lowest BCUT2D eigenvalue weighted by Crippen LogP contribution is -2.23. The molecule has 1 aromatic rings. The first-order valence-corrected chi connectivity index (χ1v) is 6.53. The number of alkyl halides is 1. The molecule has 0 aromatic carbocycles. The predicted octanol–water partition coefficient (Wildman–Crippen LogP) is 4.24. The Morgan fingerprint density at radius 3 is 2.12 bits per heavy atom. The Labute approximate surface area is 112 Å². The molecule has 0 aliphatic heterocycles. The van der Waals surface area contributed by atoms with Crippen LogP contribution in [0.5, 0.6) is 5.75 Å². The van der Waals surface area contributed by atoms with E-state index in [1.165, 1.54) is 0 Å². The molecule has 3 heteroatoms. The molecule has 0 N–H and O–H groups in total. The molecule has 1 aromatic heterocycles. The van der Waals surface area contributed by atoms with Gasteiger partial charge in [-0.05, 0) is 55.5 Å². The van der Waals surface area contributed by atoms with Gasteiger partial charge in [0.1, 0.15) is 5.75 Å². The van der Waals surface area contributed by atoms with Crippen LogP contribution >= 0.6 is 22.6 Å². The van der Waals surface area contributed by atoms with Crippen molar-refractivity contribution in [2.24, 2.45) is 0 Å². The lowest BCUT2D eigenvalue weighted by Gasteiger charge is -2.26. The zero-order chi connectivity index (χ0) is 12.6. The number of hydrogen-bond acceptors (Lipinski definition) is 2. The van der Waals surface area contributed by atoms with E-state index in [-0.39, 0.29) is 9.02 Å². The molecule has 0 fully saturated rings. The minimum atomic E-state index is -0.214. The second-order valence-electron chi connectivity index (χ2n) is 5.51.